The molecule has 2 fully saturated rings. The number of rotatable bonds is 9. The first-order chi connectivity index (χ1) is 13.1. The molecule has 1 atom stereocenters. The zero-order chi connectivity index (χ0) is 19.1. The molecule has 1 saturated carbocycles. The van der Waals surface area contributed by atoms with Gasteiger partial charge in [0.25, 0.3) is 0 Å². The molecule has 0 aromatic carbocycles. The van der Waals surface area contributed by atoms with Gasteiger partial charge in [0.1, 0.15) is 5.76 Å². The summed E-state index contributed by atoms with van der Waals surface area (Å²) in [5.74, 6) is 2.14. The van der Waals surface area contributed by atoms with Gasteiger partial charge in [-0.05, 0) is 19.3 Å². The second-order valence-corrected chi connectivity index (χ2v) is 8.25. The first-order valence-electron chi connectivity index (χ1n) is 10.7. The van der Waals surface area contributed by atoms with Crippen LogP contribution in [0.5, 0.6) is 0 Å². The minimum atomic E-state index is -0.275. The van der Waals surface area contributed by atoms with E-state index >= 15 is 0 Å². The summed E-state index contributed by atoms with van der Waals surface area (Å²) in [4.78, 5) is 18.7. The van der Waals surface area contributed by atoms with Gasteiger partial charge < -0.3 is 14.9 Å². The summed E-state index contributed by atoms with van der Waals surface area (Å²) in [6.07, 6.45) is 10.5. The highest BCUT2D eigenvalue weighted by Crippen LogP contribution is 2.32. The number of aryl methyl sites for hydroxylation is 1. The van der Waals surface area contributed by atoms with Crippen LogP contribution >= 0.6 is 0 Å². The van der Waals surface area contributed by atoms with Crippen LogP contribution in [-0.4, -0.2) is 42.1 Å². The zero-order valence-electron chi connectivity index (χ0n) is 16.8. The molecule has 152 valence electrons. The summed E-state index contributed by atoms with van der Waals surface area (Å²) >= 11 is 0. The standard InChI is InChI=1S/C21H35N3O3/c1-16-19(15-24-10-12-26-13-11-24)23-21(27-16)18(14-20(22)25)9-5-8-17-6-3-2-4-7-17/h17-18H,2-15H2,1H3,(H2,22,25)/t18-/m1/s1. The van der Waals surface area contributed by atoms with Gasteiger partial charge in [0, 0.05) is 32.0 Å². The lowest BCUT2D eigenvalue weighted by Crippen LogP contribution is -2.35. The summed E-state index contributed by atoms with van der Waals surface area (Å²) in [7, 11) is 0. The number of nitrogens with zero attached hydrogens (tertiary/aromatic N) is 2. The van der Waals surface area contributed by atoms with Crippen molar-refractivity contribution in [2.45, 2.75) is 77.2 Å². The molecule has 1 saturated heterocycles. The van der Waals surface area contributed by atoms with Crippen LogP contribution in [-0.2, 0) is 16.1 Å². The summed E-state index contributed by atoms with van der Waals surface area (Å²) in [6.45, 7) is 6.14. The number of ether oxygens (including phenoxy) is 1. The van der Waals surface area contributed by atoms with E-state index in [1.807, 2.05) is 6.92 Å². The Labute approximate surface area is 162 Å². The average Bonchev–Trinajstić information content (AvgIpc) is 3.03. The maximum atomic E-state index is 11.6. The third kappa shape index (κ3) is 6.32. The highest BCUT2D eigenvalue weighted by molar-refractivity contribution is 5.74. The molecule has 6 nitrogen and oxygen atoms in total. The molecule has 0 radical (unpaired) electrons. The van der Waals surface area contributed by atoms with Crippen molar-refractivity contribution in [3.8, 4) is 0 Å². The van der Waals surface area contributed by atoms with Gasteiger partial charge in [0.05, 0.1) is 18.9 Å². The van der Waals surface area contributed by atoms with Crippen molar-refractivity contribution in [2.24, 2.45) is 11.7 Å². The van der Waals surface area contributed by atoms with Gasteiger partial charge in [-0.2, -0.15) is 0 Å². The Kier molecular flexibility index (Phi) is 7.70. The van der Waals surface area contributed by atoms with Crippen molar-refractivity contribution in [3.63, 3.8) is 0 Å². The molecule has 2 aliphatic rings. The molecule has 1 aromatic heterocycles. The number of carbonyl (C=O) groups excluding carboxylic acids is 1. The molecule has 3 rings (SSSR count). The van der Waals surface area contributed by atoms with Crippen molar-refractivity contribution >= 4 is 5.91 Å². The van der Waals surface area contributed by atoms with Crippen LogP contribution in [0.15, 0.2) is 4.42 Å². The van der Waals surface area contributed by atoms with Crippen molar-refractivity contribution < 1.29 is 13.9 Å². The van der Waals surface area contributed by atoms with E-state index in [1.54, 1.807) is 0 Å². The molecular weight excluding hydrogens is 342 g/mol. The second kappa shape index (κ2) is 10.2. The van der Waals surface area contributed by atoms with E-state index in [0.29, 0.717) is 12.3 Å². The summed E-state index contributed by atoms with van der Waals surface area (Å²) in [6, 6.07) is 0. The third-order valence-electron chi connectivity index (χ3n) is 6.07. The van der Waals surface area contributed by atoms with E-state index in [-0.39, 0.29) is 11.8 Å². The monoisotopic (exact) mass is 377 g/mol. The SMILES string of the molecule is Cc1oc([C@H](CCCC2CCCCC2)CC(N)=O)nc1CN1CCOCC1. The second-order valence-electron chi connectivity index (χ2n) is 8.25. The fourth-order valence-corrected chi connectivity index (χ4v) is 4.43. The lowest BCUT2D eigenvalue weighted by Gasteiger charge is -2.25. The first-order valence-corrected chi connectivity index (χ1v) is 10.7. The van der Waals surface area contributed by atoms with Crippen LogP contribution < -0.4 is 5.73 Å². The van der Waals surface area contributed by atoms with Gasteiger partial charge in [0.15, 0.2) is 5.89 Å². The first kappa shape index (κ1) is 20.3. The number of aromatic nitrogens is 1. The van der Waals surface area contributed by atoms with Gasteiger partial charge in [-0.15, -0.1) is 0 Å². The van der Waals surface area contributed by atoms with Gasteiger partial charge in [-0.25, -0.2) is 4.98 Å². The zero-order valence-corrected chi connectivity index (χ0v) is 16.8. The van der Waals surface area contributed by atoms with Crippen LogP contribution in [0.4, 0.5) is 0 Å². The number of hydrogen-bond acceptors (Lipinski definition) is 5. The minimum absolute atomic E-state index is 0.00299. The average molecular weight is 378 g/mol. The highest BCUT2D eigenvalue weighted by Gasteiger charge is 2.24. The normalized spacial score (nSPS) is 20.6. The van der Waals surface area contributed by atoms with E-state index in [2.05, 4.69) is 4.90 Å². The molecule has 1 aliphatic carbocycles. The number of hydrogen-bond donors (Lipinski definition) is 1. The third-order valence-corrected chi connectivity index (χ3v) is 6.07. The summed E-state index contributed by atoms with van der Waals surface area (Å²) in [5, 5.41) is 0. The molecule has 1 aromatic rings. The molecule has 1 aliphatic heterocycles. The van der Waals surface area contributed by atoms with Crippen molar-refractivity contribution in [1.82, 2.24) is 9.88 Å². The largest absolute Gasteiger partial charge is 0.445 e. The maximum absolute atomic E-state index is 11.6. The van der Waals surface area contributed by atoms with E-state index < -0.39 is 0 Å². The molecule has 0 unspecified atom stereocenters. The van der Waals surface area contributed by atoms with Crippen LogP contribution in [0.3, 0.4) is 0 Å². The Morgan fingerprint density at radius 1 is 1.26 bits per heavy atom. The molecule has 1 amide bonds. The molecule has 2 heterocycles. The number of carbonyl (C=O) groups is 1. The van der Waals surface area contributed by atoms with Gasteiger partial charge in [0.2, 0.25) is 5.91 Å². The smallest absolute Gasteiger partial charge is 0.218 e. The summed E-state index contributed by atoms with van der Waals surface area (Å²) in [5.41, 5.74) is 6.49. The van der Waals surface area contributed by atoms with E-state index in [0.717, 1.165) is 63.1 Å². The molecule has 0 spiro atoms. The number of amides is 1. The molecule has 2 N–H and O–H groups in total. The van der Waals surface area contributed by atoms with Gasteiger partial charge in [-0.1, -0.05) is 44.9 Å². The predicted octanol–water partition coefficient (Wildman–Crippen LogP) is 3.52. The van der Waals surface area contributed by atoms with Crippen LogP contribution in [0.25, 0.3) is 0 Å². The van der Waals surface area contributed by atoms with Crippen LogP contribution in [0.2, 0.25) is 0 Å². The number of primary amides is 1. The highest BCUT2D eigenvalue weighted by atomic mass is 16.5. The number of morpholine rings is 1. The number of oxazole rings is 1. The lowest BCUT2D eigenvalue weighted by atomic mass is 9.84. The maximum Gasteiger partial charge on any atom is 0.218 e. The molecular formula is C21H35N3O3. The van der Waals surface area contributed by atoms with E-state index in [4.69, 9.17) is 19.9 Å². The van der Waals surface area contributed by atoms with Crippen molar-refractivity contribution in [3.05, 3.63) is 17.3 Å². The minimum Gasteiger partial charge on any atom is -0.445 e. The quantitative estimate of drug-likeness (QED) is 0.712. The molecule has 0 bridgehead atoms. The Morgan fingerprint density at radius 2 is 2.00 bits per heavy atom. The van der Waals surface area contributed by atoms with E-state index in [9.17, 15) is 4.79 Å². The fourth-order valence-electron chi connectivity index (χ4n) is 4.43. The Balaban J connectivity index is 1.57. The molecule has 6 heteroatoms. The van der Waals surface area contributed by atoms with Crippen molar-refractivity contribution in [1.29, 1.82) is 0 Å². The van der Waals surface area contributed by atoms with E-state index in [1.165, 1.54) is 38.5 Å². The predicted molar refractivity (Wildman–Crippen MR) is 104 cm³/mol. The fraction of sp³-hybridized carbons (Fsp3) is 0.810. The summed E-state index contributed by atoms with van der Waals surface area (Å²) < 4.78 is 11.4. The Morgan fingerprint density at radius 3 is 2.70 bits per heavy atom. The lowest BCUT2D eigenvalue weighted by molar-refractivity contribution is -0.118. The molecule has 27 heavy (non-hydrogen) atoms. The van der Waals surface area contributed by atoms with Gasteiger partial charge in [-0.3, -0.25) is 9.69 Å². The Hall–Kier alpha value is -1.40. The van der Waals surface area contributed by atoms with Gasteiger partial charge >= 0.3 is 0 Å². The topological polar surface area (TPSA) is 81.6 Å². The van der Waals surface area contributed by atoms with Crippen molar-refractivity contribution in [2.75, 3.05) is 26.3 Å². The number of nitrogens with two attached hydrogens (primary N) is 1. The van der Waals surface area contributed by atoms with Crippen LogP contribution in [0, 0.1) is 12.8 Å². The van der Waals surface area contributed by atoms with Crippen LogP contribution in [0.1, 0.15) is 81.1 Å². The Bertz CT molecular complexity index is 589.